The van der Waals surface area contributed by atoms with E-state index in [0.29, 0.717) is 5.82 Å². The molecule has 2 aromatic carbocycles. The highest BCUT2D eigenvalue weighted by Crippen LogP contribution is 2.21. The minimum Gasteiger partial charge on any atom is -0.381 e. The van der Waals surface area contributed by atoms with E-state index in [2.05, 4.69) is 44.7 Å². The molecule has 108 valence electrons. The van der Waals surface area contributed by atoms with Crippen LogP contribution in [-0.4, -0.2) is 14.4 Å². The Morgan fingerprint density at radius 3 is 2.55 bits per heavy atom. The molecule has 4 rings (SSSR count). The Labute approximate surface area is 128 Å². The maximum atomic E-state index is 6.05. The number of aryl methyl sites for hydroxylation is 2. The number of para-hydroxylation sites is 2. The van der Waals surface area contributed by atoms with E-state index in [1.54, 1.807) is 0 Å². The van der Waals surface area contributed by atoms with Gasteiger partial charge in [-0.05, 0) is 30.5 Å². The summed E-state index contributed by atoms with van der Waals surface area (Å²) in [5, 5.41) is 0. The Morgan fingerprint density at radius 2 is 1.68 bits per heavy atom. The summed E-state index contributed by atoms with van der Waals surface area (Å²) in [5.41, 5.74) is 11.2. The second-order valence-electron chi connectivity index (χ2n) is 5.38. The van der Waals surface area contributed by atoms with Crippen LogP contribution in [0.1, 0.15) is 11.3 Å². The molecule has 2 heterocycles. The molecule has 4 aromatic rings. The van der Waals surface area contributed by atoms with Gasteiger partial charge in [-0.3, -0.25) is 4.40 Å². The zero-order valence-electron chi connectivity index (χ0n) is 12.1. The lowest BCUT2D eigenvalue weighted by Gasteiger charge is -2.07. The van der Waals surface area contributed by atoms with E-state index < -0.39 is 0 Å². The van der Waals surface area contributed by atoms with E-state index in [1.807, 2.05) is 30.5 Å². The van der Waals surface area contributed by atoms with Gasteiger partial charge in [-0.1, -0.05) is 42.5 Å². The molecule has 0 spiro atoms. The lowest BCUT2D eigenvalue weighted by Crippen LogP contribution is -2.02. The lowest BCUT2D eigenvalue weighted by molar-refractivity contribution is 0.906. The van der Waals surface area contributed by atoms with Crippen LogP contribution >= 0.6 is 0 Å². The van der Waals surface area contributed by atoms with E-state index in [0.717, 1.165) is 35.2 Å². The number of imidazole rings is 1. The molecule has 0 amide bonds. The maximum Gasteiger partial charge on any atom is 0.180 e. The lowest BCUT2D eigenvalue weighted by atomic mass is 10.1. The van der Waals surface area contributed by atoms with Gasteiger partial charge in [-0.25, -0.2) is 9.97 Å². The van der Waals surface area contributed by atoms with Crippen molar-refractivity contribution < 1.29 is 0 Å². The first-order valence-electron chi connectivity index (χ1n) is 7.37. The summed E-state index contributed by atoms with van der Waals surface area (Å²) in [6.45, 7) is 0. The molecule has 0 fully saturated rings. The molecule has 0 bridgehead atoms. The van der Waals surface area contributed by atoms with Crippen LogP contribution in [0.4, 0.5) is 5.82 Å². The highest BCUT2D eigenvalue weighted by atomic mass is 15.1. The molecule has 0 atom stereocenters. The number of hydrogen-bond donors (Lipinski definition) is 1. The Morgan fingerprint density at radius 1 is 0.909 bits per heavy atom. The topological polar surface area (TPSA) is 56.2 Å². The monoisotopic (exact) mass is 288 g/mol. The third-order valence-corrected chi connectivity index (χ3v) is 3.94. The molecular weight excluding hydrogens is 272 g/mol. The molecule has 0 saturated heterocycles. The third kappa shape index (κ3) is 2.09. The molecule has 0 unspecified atom stereocenters. The quantitative estimate of drug-likeness (QED) is 0.629. The minimum absolute atomic E-state index is 0.477. The number of nitrogens with two attached hydrogens (primary N) is 1. The highest BCUT2D eigenvalue weighted by molar-refractivity contribution is 5.82. The Kier molecular flexibility index (Phi) is 3.00. The standard InChI is InChI=1S/C18H16N4/c19-17-18-20-12-14(11-10-13-6-2-1-3-7-13)22(18)16-9-5-4-8-15(16)21-17/h1-9,12H,10-11H2,(H2,19,21). The van der Waals surface area contributed by atoms with Crippen molar-refractivity contribution in [2.45, 2.75) is 12.8 Å². The summed E-state index contributed by atoms with van der Waals surface area (Å²) in [4.78, 5) is 8.89. The molecule has 2 N–H and O–H groups in total. The molecule has 0 radical (unpaired) electrons. The average molecular weight is 288 g/mol. The zero-order chi connectivity index (χ0) is 14.9. The Balaban J connectivity index is 1.81. The summed E-state index contributed by atoms with van der Waals surface area (Å²) < 4.78 is 2.13. The van der Waals surface area contributed by atoms with Crippen LogP contribution in [0.2, 0.25) is 0 Å². The summed E-state index contributed by atoms with van der Waals surface area (Å²) in [6.07, 6.45) is 3.80. The van der Waals surface area contributed by atoms with Gasteiger partial charge in [0.2, 0.25) is 0 Å². The molecule has 22 heavy (non-hydrogen) atoms. The van der Waals surface area contributed by atoms with Crippen LogP contribution in [0.25, 0.3) is 16.7 Å². The molecule has 4 nitrogen and oxygen atoms in total. The highest BCUT2D eigenvalue weighted by Gasteiger charge is 2.11. The molecule has 0 aliphatic carbocycles. The zero-order valence-corrected chi connectivity index (χ0v) is 12.1. The first-order chi connectivity index (χ1) is 10.8. The number of aromatic nitrogens is 3. The van der Waals surface area contributed by atoms with Gasteiger partial charge in [0.25, 0.3) is 0 Å². The summed E-state index contributed by atoms with van der Waals surface area (Å²) in [7, 11) is 0. The third-order valence-electron chi connectivity index (χ3n) is 3.94. The van der Waals surface area contributed by atoms with Gasteiger partial charge in [0.15, 0.2) is 11.5 Å². The van der Waals surface area contributed by atoms with Crippen molar-refractivity contribution in [2.24, 2.45) is 0 Å². The van der Waals surface area contributed by atoms with Crippen molar-refractivity contribution in [3.8, 4) is 0 Å². The number of rotatable bonds is 3. The van der Waals surface area contributed by atoms with Gasteiger partial charge in [0.05, 0.1) is 11.0 Å². The van der Waals surface area contributed by atoms with E-state index in [1.165, 1.54) is 5.56 Å². The summed E-state index contributed by atoms with van der Waals surface area (Å²) in [5.74, 6) is 0.477. The van der Waals surface area contributed by atoms with Crippen molar-refractivity contribution in [3.63, 3.8) is 0 Å². The molecule has 0 saturated carbocycles. The molecule has 0 aliphatic heterocycles. The average Bonchev–Trinajstić information content (AvgIpc) is 2.99. The molecule has 0 aliphatic rings. The van der Waals surface area contributed by atoms with Gasteiger partial charge in [0.1, 0.15) is 0 Å². The molecule has 4 heteroatoms. The molecular formula is C18H16N4. The van der Waals surface area contributed by atoms with Gasteiger partial charge < -0.3 is 5.73 Å². The minimum atomic E-state index is 0.477. The van der Waals surface area contributed by atoms with Crippen molar-refractivity contribution in [3.05, 3.63) is 72.1 Å². The predicted octanol–water partition coefficient (Wildman–Crippen LogP) is 3.25. The van der Waals surface area contributed by atoms with Crippen LogP contribution in [-0.2, 0) is 12.8 Å². The number of benzene rings is 2. The second-order valence-corrected chi connectivity index (χ2v) is 5.38. The van der Waals surface area contributed by atoms with Crippen molar-refractivity contribution in [1.29, 1.82) is 0 Å². The van der Waals surface area contributed by atoms with E-state index in [9.17, 15) is 0 Å². The fraction of sp³-hybridized carbons (Fsp3) is 0.111. The van der Waals surface area contributed by atoms with Crippen molar-refractivity contribution >= 4 is 22.5 Å². The summed E-state index contributed by atoms with van der Waals surface area (Å²) in [6, 6.07) is 18.5. The van der Waals surface area contributed by atoms with Crippen LogP contribution in [0, 0.1) is 0 Å². The SMILES string of the molecule is Nc1nc2ccccc2n2c(CCc3ccccc3)cnc12. The number of nitrogen functional groups attached to an aromatic ring is 1. The van der Waals surface area contributed by atoms with Gasteiger partial charge in [0, 0.05) is 11.9 Å². The van der Waals surface area contributed by atoms with Gasteiger partial charge in [-0.2, -0.15) is 0 Å². The number of fused-ring (bicyclic) bond motifs is 3. The van der Waals surface area contributed by atoms with E-state index in [-0.39, 0.29) is 0 Å². The fourth-order valence-electron chi connectivity index (χ4n) is 2.86. The smallest absolute Gasteiger partial charge is 0.180 e. The Hall–Kier alpha value is -2.88. The van der Waals surface area contributed by atoms with Crippen molar-refractivity contribution in [1.82, 2.24) is 14.4 Å². The first-order valence-corrected chi connectivity index (χ1v) is 7.37. The fourth-order valence-corrected chi connectivity index (χ4v) is 2.86. The van der Waals surface area contributed by atoms with Crippen LogP contribution in [0.5, 0.6) is 0 Å². The largest absolute Gasteiger partial charge is 0.381 e. The summed E-state index contributed by atoms with van der Waals surface area (Å²) >= 11 is 0. The van der Waals surface area contributed by atoms with Crippen LogP contribution < -0.4 is 5.73 Å². The second kappa shape index (κ2) is 5.15. The molecule has 2 aromatic heterocycles. The first kappa shape index (κ1) is 12.8. The van der Waals surface area contributed by atoms with Crippen LogP contribution in [0.3, 0.4) is 0 Å². The Bertz CT molecular complexity index is 941. The number of hydrogen-bond acceptors (Lipinski definition) is 3. The normalized spacial score (nSPS) is 11.3. The van der Waals surface area contributed by atoms with Crippen LogP contribution in [0.15, 0.2) is 60.8 Å². The van der Waals surface area contributed by atoms with E-state index in [4.69, 9.17) is 5.73 Å². The number of anilines is 1. The predicted molar refractivity (Wildman–Crippen MR) is 88.8 cm³/mol. The van der Waals surface area contributed by atoms with Gasteiger partial charge >= 0.3 is 0 Å². The van der Waals surface area contributed by atoms with Crippen molar-refractivity contribution in [2.75, 3.05) is 5.73 Å². The van der Waals surface area contributed by atoms with E-state index >= 15 is 0 Å². The maximum absolute atomic E-state index is 6.05. The number of nitrogens with zero attached hydrogens (tertiary/aromatic N) is 3. The van der Waals surface area contributed by atoms with Gasteiger partial charge in [-0.15, -0.1) is 0 Å².